The highest BCUT2D eigenvalue weighted by Crippen LogP contribution is 2.39. The fraction of sp³-hybridized carbons (Fsp3) is 0.364. The van der Waals surface area contributed by atoms with E-state index in [0.29, 0.717) is 35.7 Å². The number of hydrogen-bond acceptors (Lipinski definition) is 4. The van der Waals surface area contributed by atoms with Crippen molar-refractivity contribution in [3.05, 3.63) is 40.4 Å². The highest BCUT2D eigenvalue weighted by atomic mass is 79.9. The van der Waals surface area contributed by atoms with Crippen LogP contribution >= 0.6 is 15.9 Å². The molecule has 0 aliphatic carbocycles. The Balaban J connectivity index is 1.92. The molecular weight excluding hydrogens is 434 g/mol. The second kappa shape index (κ2) is 9.31. The number of aromatic amines is 1. The van der Waals surface area contributed by atoms with Crippen LogP contribution in [0.15, 0.2) is 34.8 Å². The van der Waals surface area contributed by atoms with E-state index in [0.717, 1.165) is 22.4 Å². The summed E-state index contributed by atoms with van der Waals surface area (Å²) in [5.41, 5.74) is 3.94. The molecule has 29 heavy (non-hydrogen) atoms. The average Bonchev–Trinajstić information content (AvgIpc) is 3.11. The van der Waals surface area contributed by atoms with E-state index >= 15 is 0 Å². The van der Waals surface area contributed by atoms with Gasteiger partial charge in [-0.15, -0.1) is 0 Å². The number of ether oxygens (including phenoxy) is 2. The van der Waals surface area contributed by atoms with Gasteiger partial charge < -0.3 is 19.4 Å². The number of nitrogens with zero attached hydrogens (tertiary/aromatic N) is 2. The van der Waals surface area contributed by atoms with Crippen molar-refractivity contribution in [3.8, 4) is 22.9 Å². The summed E-state index contributed by atoms with van der Waals surface area (Å²) in [5.74, 6) is 1.78. The molecule has 0 fully saturated rings. The van der Waals surface area contributed by atoms with E-state index in [-0.39, 0.29) is 12.5 Å². The molecule has 1 aromatic heterocycles. The number of aromatic nitrogens is 2. The Morgan fingerprint density at radius 2 is 1.90 bits per heavy atom. The third-order valence-electron chi connectivity index (χ3n) is 4.68. The number of halogens is 1. The van der Waals surface area contributed by atoms with Crippen LogP contribution in [0.4, 0.5) is 0 Å². The Morgan fingerprint density at radius 1 is 1.14 bits per heavy atom. The van der Waals surface area contributed by atoms with Gasteiger partial charge in [-0.1, -0.05) is 6.07 Å². The van der Waals surface area contributed by atoms with E-state index in [2.05, 4.69) is 38.9 Å². The van der Waals surface area contributed by atoms with Crippen LogP contribution in [-0.4, -0.2) is 47.1 Å². The lowest BCUT2D eigenvalue weighted by Gasteiger charge is -2.20. The zero-order chi connectivity index (χ0) is 21.0. The lowest BCUT2D eigenvalue weighted by Crippen LogP contribution is -2.34. The molecule has 3 rings (SSSR count). The number of hydrogen-bond donors (Lipinski definition) is 1. The van der Waals surface area contributed by atoms with Gasteiger partial charge in [0.25, 0.3) is 5.91 Å². The molecule has 0 aliphatic heterocycles. The number of likely N-dealkylation sites (N-methyl/N-ethyl adjacent to an activating group) is 1. The predicted octanol–water partition coefficient (Wildman–Crippen LogP) is 4.95. The van der Waals surface area contributed by atoms with Crippen LogP contribution in [0.5, 0.6) is 11.5 Å². The van der Waals surface area contributed by atoms with Crippen LogP contribution in [0.2, 0.25) is 0 Å². The van der Waals surface area contributed by atoms with Gasteiger partial charge in [-0.2, -0.15) is 0 Å². The minimum Gasteiger partial charge on any atom is -0.490 e. The highest BCUT2D eigenvalue weighted by molar-refractivity contribution is 9.10. The molecule has 0 spiro atoms. The van der Waals surface area contributed by atoms with Crippen LogP contribution in [0, 0.1) is 6.92 Å². The Kier molecular flexibility index (Phi) is 6.79. The van der Waals surface area contributed by atoms with Crippen LogP contribution in [0.25, 0.3) is 22.4 Å². The smallest absolute Gasteiger partial charge is 0.260 e. The highest BCUT2D eigenvalue weighted by Gasteiger charge is 2.18. The fourth-order valence-corrected chi connectivity index (χ4v) is 3.73. The number of imidazole rings is 1. The van der Waals surface area contributed by atoms with Gasteiger partial charge in [0, 0.05) is 18.7 Å². The van der Waals surface area contributed by atoms with E-state index in [1.807, 2.05) is 45.0 Å². The molecule has 3 aromatic rings. The van der Waals surface area contributed by atoms with E-state index < -0.39 is 0 Å². The third-order valence-corrected chi connectivity index (χ3v) is 5.27. The maximum absolute atomic E-state index is 12.3. The average molecular weight is 460 g/mol. The summed E-state index contributed by atoms with van der Waals surface area (Å²) in [6.45, 7) is 9.62. The zero-order valence-corrected chi connectivity index (χ0v) is 18.8. The molecule has 0 bridgehead atoms. The second-order valence-corrected chi connectivity index (χ2v) is 7.53. The molecular formula is C22H26BrN3O3. The number of H-pyrrole nitrogens is 1. The molecule has 1 amide bonds. The number of benzene rings is 2. The quantitative estimate of drug-likeness (QED) is 0.517. The first-order chi connectivity index (χ1) is 14.0. The summed E-state index contributed by atoms with van der Waals surface area (Å²) in [6, 6.07) is 9.92. The topological polar surface area (TPSA) is 67.5 Å². The van der Waals surface area contributed by atoms with E-state index in [1.165, 1.54) is 5.56 Å². The maximum atomic E-state index is 12.3. The lowest BCUT2D eigenvalue weighted by atomic mass is 10.2. The van der Waals surface area contributed by atoms with E-state index in [1.54, 1.807) is 4.90 Å². The van der Waals surface area contributed by atoms with E-state index in [9.17, 15) is 4.79 Å². The van der Waals surface area contributed by atoms with Crippen LogP contribution in [0.3, 0.4) is 0 Å². The third kappa shape index (κ3) is 4.72. The van der Waals surface area contributed by atoms with Crippen molar-refractivity contribution in [2.24, 2.45) is 0 Å². The van der Waals surface area contributed by atoms with Crippen molar-refractivity contribution in [1.29, 1.82) is 0 Å². The molecule has 1 heterocycles. The van der Waals surface area contributed by atoms with Gasteiger partial charge in [0.15, 0.2) is 18.1 Å². The second-order valence-electron chi connectivity index (χ2n) is 6.68. The normalized spacial score (nSPS) is 10.9. The molecule has 0 radical (unpaired) electrons. The number of nitrogens with one attached hydrogen (secondary N) is 1. The van der Waals surface area contributed by atoms with Crippen molar-refractivity contribution in [2.45, 2.75) is 27.7 Å². The summed E-state index contributed by atoms with van der Waals surface area (Å²) in [5, 5.41) is 0. The maximum Gasteiger partial charge on any atom is 0.260 e. The first kappa shape index (κ1) is 21.2. The summed E-state index contributed by atoms with van der Waals surface area (Å²) in [6.07, 6.45) is 0. The SMILES string of the molecule is CCOc1cc(-c2nc3ccc(C)cc3[nH]2)cc(Br)c1OCC(=O)N(CC)CC. The van der Waals surface area contributed by atoms with Crippen LogP contribution in [-0.2, 0) is 4.79 Å². The minimum absolute atomic E-state index is 0.0381. The summed E-state index contributed by atoms with van der Waals surface area (Å²) >= 11 is 3.57. The summed E-state index contributed by atoms with van der Waals surface area (Å²) < 4.78 is 12.3. The van der Waals surface area contributed by atoms with Crippen LogP contribution < -0.4 is 9.47 Å². The van der Waals surface area contributed by atoms with Crippen molar-refractivity contribution >= 4 is 32.9 Å². The molecule has 154 valence electrons. The molecule has 0 unspecified atom stereocenters. The standard InChI is InChI=1S/C22H26BrN3O3/c1-5-26(6-2)20(27)13-29-21-16(23)11-15(12-19(21)28-7-3)22-24-17-9-8-14(4)10-18(17)25-22/h8-12H,5-7,13H2,1-4H3,(H,24,25). The van der Waals surface area contributed by atoms with Gasteiger partial charge in [0.05, 0.1) is 22.1 Å². The molecule has 0 saturated carbocycles. The number of rotatable bonds is 8. The Labute approximate surface area is 179 Å². The zero-order valence-electron chi connectivity index (χ0n) is 17.2. The van der Waals surface area contributed by atoms with Gasteiger partial charge in [0.2, 0.25) is 0 Å². The number of aryl methyl sites for hydroxylation is 1. The van der Waals surface area contributed by atoms with Crippen molar-refractivity contribution in [1.82, 2.24) is 14.9 Å². The van der Waals surface area contributed by atoms with Crippen molar-refractivity contribution in [2.75, 3.05) is 26.3 Å². The van der Waals surface area contributed by atoms with Crippen LogP contribution in [0.1, 0.15) is 26.3 Å². The molecule has 0 aliphatic rings. The number of carbonyl (C=O) groups is 1. The van der Waals surface area contributed by atoms with Gasteiger partial charge in [-0.25, -0.2) is 4.98 Å². The summed E-state index contributed by atoms with van der Waals surface area (Å²) in [7, 11) is 0. The monoisotopic (exact) mass is 459 g/mol. The molecule has 6 nitrogen and oxygen atoms in total. The van der Waals surface area contributed by atoms with Crippen molar-refractivity contribution < 1.29 is 14.3 Å². The van der Waals surface area contributed by atoms with Gasteiger partial charge >= 0.3 is 0 Å². The van der Waals surface area contributed by atoms with Gasteiger partial charge in [-0.05, 0) is 73.5 Å². The number of carbonyl (C=O) groups excluding carboxylic acids is 1. The fourth-order valence-electron chi connectivity index (χ4n) is 3.17. The molecule has 7 heteroatoms. The Bertz CT molecular complexity index is 1010. The van der Waals surface area contributed by atoms with Gasteiger partial charge in [0.1, 0.15) is 5.82 Å². The molecule has 1 N–H and O–H groups in total. The predicted molar refractivity (Wildman–Crippen MR) is 119 cm³/mol. The molecule has 0 saturated heterocycles. The largest absolute Gasteiger partial charge is 0.490 e. The Hall–Kier alpha value is -2.54. The number of amides is 1. The summed E-state index contributed by atoms with van der Waals surface area (Å²) in [4.78, 5) is 22.1. The first-order valence-corrected chi connectivity index (χ1v) is 10.6. The number of fused-ring (bicyclic) bond motifs is 1. The molecule has 0 atom stereocenters. The van der Waals surface area contributed by atoms with Crippen molar-refractivity contribution in [3.63, 3.8) is 0 Å². The lowest BCUT2D eigenvalue weighted by molar-refractivity contribution is -0.133. The van der Waals surface area contributed by atoms with E-state index in [4.69, 9.17) is 9.47 Å². The van der Waals surface area contributed by atoms with Gasteiger partial charge in [-0.3, -0.25) is 4.79 Å². The molecule has 2 aromatic carbocycles. The minimum atomic E-state index is -0.0546. The Morgan fingerprint density at radius 3 is 2.59 bits per heavy atom. The first-order valence-electron chi connectivity index (χ1n) is 9.80.